The minimum absolute atomic E-state index is 0.0307. The molecule has 2 rings (SSSR count). The third-order valence-electron chi connectivity index (χ3n) is 2.69. The molecule has 1 aliphatic rings. The van der Waals surface area contributed by atoms with Crippen molar-refractivity contribution < 1.29 is 9.53 Å². The maximum atomic E-state index is 11.4. The average Bonchev–Trinajstić information content (AvgIpc) is 2.27. The van der Waals surface area contributed by atoms with Crippen LogP contribution in [0.4, 0.5) is 5.69 Å². The lowest BCUT2D eigenvalue weighted by atomic mass is 9.90. The van der Waals surface area contributed by atoms with Gasteiger partial charge in [-0.05, 0) is 30.3 Å². The van der Waals surface area contributed by atoms with Crippen LogP contribution in [0.5, 0.6) is 5.75 Å². The van der Waals surface area contributed by atoms with Gasteiger partial charge < -0.3 is 15.8 Å². The molecule has 0 spiro atoms. The number of nitrogens with one attached hydrogen (secondary N) is 1. The topological polar surface area (TPSA) is 64.3 Å². The van der Waals surface area contributed by atoms with E-state index >= 15 is 0 Å². The summed E-state index contributed by atoms with van der Waals surface area (Å²) in [4.78, 5) is 11.4. The second-order valence-corrected chi connectivity index (χ2v) is 3.64. The molecule has 0 aliphatic carbocycles. The standard InChI is InChI=1S/C11H14N2O2/c1-15-8-2-3-10-9(5-8)7(6-12)4-11(14)13-10/h2-3,5,7H,4,6,12H2,1H3,(H,13,14). The Balaban J connectivity index is 2.42. The van der Waals surface area contributed by atoms with Gasteiger partial charge in [0.05, 0.1) is 7.11 Å². The van der Waals surface area contributed by atoms with Gasteiger partial charge in [-0.3, -0.25) is 4.79 Å². The number of amides is 1. The number of benzene rings is 1. The van der Waals surface area contributed by atoms with Gasteiger partial charge in [0.15, 0.2) is 0 Å². The van der Waals surface area contributed by atoms with Gasteiger partial charge >= 0.3 is 0 Å². The first-order valence-electron chi connectivity index (χ1n) is 4.92. The minimum atomic E-state index is 0.0307. The first kappa shape index (κ1) is 9.98. The van der Waals surface area contributed by atoms with Crippen LogP contribution in [0.3, 0.4) is 0 Å². The van der Waals surface area contributed by atoms with E-state index in [-0.39, 0.29) is 11.8 Å². The third-order valence-corrected chi connectivity index (χ3v) is 2.69. The molecule has 1 heterocycles. The number of anilines is 1. The lowest BCUT2D eigenvalue weighted by molar-refractivity contribution is -0.116. The molecule has 80 valence electrons. The fourth-order valence-electron chi connectivity index (χ4n) is 1.86. The number of hydrogen-bond acceptors (Lipinski definition) is 3. The normalized spacial score (nSPS) is 19.3. The highest BCUT2D eigenvalue weighted by molar-refractivity contribution is 5.94. The van der Waals surface area contributed by atoms with Crippen LogP contribution in [0.15, 0.2) is 18.2 Å². The average molecular weight is 206 g/mol. The Morgan fingerprint density at radius 3 is 3.07 bits per heavy atom. The third kappa shape index (κ3) is 1.80. The largest absolute Gasteiger partial charge is 0.497 e. The van der Waals surface area contributed by atoms with Crippen LogP contribution in [0.2, 0.25) is 0 Å². The molecule has 1 aromatic rings. The Kier molecular flexibility index (Phi) is 2.60. The second-order valence-electron chi connectivity index (χ2n) is 3.64. The van der Waals surface area contributed by atoms with Gasteiger partial charge in [-0.25, -0.2) is 0 Å². The van der Waals surface area contributed by atoms with Crippen LogP contribution < -0.4 is 15.8 Å². The number of carbonyl (C=O) groups excluding carboxylic acids is 1. The van der Waals surface area contributed by atoms with Gasteiger partial charge in [0.1, 0.15) is 5.75 Å². The molecule has 1 atom stereocenters. The van der Waals surface area contributed by atoms with Gasteiger partial charge in [0.25, 0.3) is 0 Å². The van der Waals surface area contributed by atoms with Crippen LogP contribution in [0, 0.1) is 0 Å². The summed E-state index contributed by atoms with van der Waals surface area (Å²) in [7, 11) is 1.63. The van der Waals surface area contributed by atoms with Crippen LogP contribution in [0.1, 0.15) is 17.9 Å². The second kappa shape index (κ2) is 3.90. The molecular formula is C11H14N2O2. The highest BCUT2D eigenvalue weighted by atomic mass is 16.5. The van der Waals surface area contributed by atoms with Gasteiger partial charge in [-0.2, -0.15) is 0 Å². The number of hydrogen-bond donors (Lipinski definition) is 2. The number of rotatable bonds is 2. The summed E-state index contributed by atoms with van der Waals surface area (Å²) in [5.41, 5.74) is 7.57. The van der Waals surface area contributed by atoms with E-state index in [4.69, 9.17) is 10.5 Å². The van der Waals surface area contributed by atoms with E-state index < -0.39 is 0 Å². The predicted octanol–water partition coefficient (Wildman–Crippen LogP) is 1.08. The van der Waals surface area contributed by atoms with Gasteiger partial charge in [0.2, 0.25) is 5.91 Å². The number of carbonyl (C=O) groups is 1. The van der Waals surface area contributed by atoms with Crippen molar-refractivity contribution in [2.24, 2.45) is 5.73 Å². The highest BCUT2D eigenvalue weighted by Gasteiger charge is 2.24. The van der Waals surface area contributed by atoms with Crippen molar-refractivity contribution in [3.8, 4) is 5.75 Å². The lowest BCUT2D eigenvalue weighted by Crippen LogP contribution is -2.27. The number of nitrogens with two attached hydrogens (primary N) is 1. The molecule has 3 N–H and O–H groups in total. The Morgan fingerprint density at radius 2 is 2.40 bits per heavy atom. The maximum Gasteiger partial charge on any atom is 0.225 e. The zero-order chi connectivity index (χ0) is 10.8. The van der Waals surface area contributed by atoms with Crippen molar-refractivity contribution in [2.75, 3.05) is 19.0 Å². The number of fused-ring (bicyclic) bond motifs is 1. The van der Waals surface area contributed by atoms with E-state index in [1.54, 1.807) is 7.11 Å². The van der Waals surface area contributed by atoms with E-state index in [9.17, 15) is 4.79 Å². The van der Waals surface area contributed by atoms with Gasteiger partial charge in [0, 0.05) is 18.0 Å². The van der Waals surface area contributed by atoms with Crippen LogP contribution in [-0.2, 0) is 4.79 Å². The SMILES string of the molecule is COc1ccc2c(c1)C(CN)CC(=O)N2. The quantitative estimate of drug-likeness (QED) is 0.761. The molecular weight excluding hydrogens is 192 g/mol. The Labute approximate surface area is 88.4 Å². The van der Waals surface area contributed by atoms with Crippen LogP contribution >= 0.6 is 0 Å². The van der Waals surface area contributed by atoms with E-state index in [1.807, 2.05) is 18.2 Å². The first-order chi connectivity index (χ1) is 7.24. The van der Waals surface area contributed by atoms with Crippen molar-refractivity contribution in [1.82, 2.24) is 0 Å². The van der Waals surface area contributed by atoms with Crippen molar-refractivity contribution >= 4 is 11.6 Å². The summed E-state index contributed by atoms with van der Waals surface area (Å²) >= 11 is 0. The molecule has 0 saturated carbocycles. The highest BCUT2D eigenvalue weighted by Crippen LogP contribution is 2.33. The minimum Gasteiger partial charge on any atom is -0.497 e. The summed E-state index contributed by atoms with van der Waals surface area (Å²) in [5, 5.41) is 2.83. The molecule has 0 saturated heterocycles. The van der Waals surface area contributed by atoms with E-state index in [1.165, 1.54) is 0 Å². The lowest BCUT2D eigenvalue weighted by Gasteiger charge is -2.24. The first-order valence-corrected chi connectivity index (χ1v) is 4.92. The monoisotopic (exact) mass is 206 g/mol. The summed E-state index contributed by atoms with van der Waals surface area (Å²) in [6.45, 7) is 0.480. The molecule has 1 aromatic carbocycles. The van der Waals surface area contributed by atoms with E-state index in [0.29, 0.717) is 13.0 Å². The van der Waals surface area contributed by atoms with Crippen LogP contribution in [0.25, 0.3) is 0 Å². The van der Waals surface area contributed by atoms with Gasteiger partial charge in [-0.15, -0.1) is 0 Å². The van der Waals surface area contributed by atoms with Crippen molar-refractivity contribution in [1.29, 1.82) is 0 Å². The molecule has 0 radical (unpaired) electrons. The summed E-state index contributed by atoms with van der Waals surface area (Å²) in [6, 6.07) is 5.62. The Bertz CT molecular complexity index is 390. The Hall–Kier alpha value is -1.55. The maximum absolute atomic E-state index is 11.4. The zero-order valence-corrected chi connectivity index (χ0v) is 8.62. The van der Waals surface area contributed by atoms with Crippen LogP contribution in [-0.4, -0.2) is 19.6 Å². The molecule has 0 aromatic heterocycles. The molecule has 0 bridgehead atoms. The summed E-state index contributed by atoms with van der Waals surface area (Å²) in [5.74, 6) is 0.926. The van der Waals surface area contributed by atoms with E-state index in [0.717, 1.165) is 17.0 Å². The molecule has 1 unspecified atom stereocenters. The molecule has 4 heteroatoms. The summed E-state index contributed by atoms with van der Waals surface area (Å²) in [6.07, 6.45) is 0.455. The molecule has 1 aliphatic heterocycles. The fourth-order valence-corrected chi connectivity index (χ4v) is 1.86. The zero-order valence-electron chi connectivity index (χ0n) is 8.62. The van der Waals surface area contributed by atoms with Crippen molar-refractivity contribution in [3.63, 3.8) is 0 Å². The van der Waals surface area contributed by atoms with Gasteiger partial charge in [-0.1, -0.05) is 0 Å². The molecule has 4 nitrogen and oxygen atoms in total. The molecule has 1 amide bonds. The number of ether oxygens (including phenoxy) is 1. The molecule has 0 fully saturated rings. The van der Waals surface area contributed by atoms with Crippen molar-refractivity contribution in [2.45, 2.75) is 12.3 Å². The molecule has 15 heavy (non-hydrogen) atoms. The number of methoxy groups -OCH3 is 1. The fraction of sp³-hybridized carbons (Fsp3) is 0.364. The smallest absolute Gasteiger partial charge is 0.225 e. The Morgan fingerprint density at radius 1 is 1.60 bits per heavy atom. The van der Waals surface area contributed by atoms with Crippen molar-refractivity contribution in [3.05, 3.63) is 23.8 Å². The predicted molar refractivity (Wildman–Crippen MR) is 58.0 cm³/mol. The summed E-state index contributed by atoms with van der Waals surface area (Å²) < 4.78 is 5.15. The van der Waals surface area contributed by atoms with E-state index in [2.05, 4.69) is 5.32 Å².